The first kappa shape index (κ1) is 18.4. The maximum absolute atomic E-state index is 12.3. The van der Waals surface area contributed by atoms with Crippen LogP contribution in [0.2, 0.25) is 0 Å². The smallest absolute Gasteiger partial charge is 0.326 e. The molecule has 2 rings (SSSR count). The number of carboxylic acid groups (broad SMARTS) is 1. The van der Waals surface area contributed by atoms with E-state index in [9.17, 15) is 19.5 Å². The summed E-state index contributed by atoms with van der Waals surface area (Å²) in [7, 11) is 0. The Morgan fingerprint density at radius 1 is 1.20 bits per heavy atom. The van der Waals surface area contributed by atoms with Gasteiger partial charge >= 0.3 is 5.97 Å². The second-order valence-electron chi connectivity index (χ2n) is 5.71. The van der Waals surface area contributed by atoms with Crippen LogP contribution in [0.3, 0.4) is 0 Å². The number of carbonyl (C=O) groups excluding carboxylic acids is 1. The molecular formula is C18H21N3O4. The van der Waals surface area contributed by atoms with Crippen molar-refractivity contribution in [3.05, 3.63) is 64.1 Å². The summed E-state index contributed by atoms with van der Waals surface area (Å²) in [6.45, 7) is 2.18. The average molecular weight is 343 g/mol. The van der Waals surface area contributed by atoms with Gasteiger partial charge in [-0.25, -0.2) is 9.48 Å². The monoisotopic (exact) mass is 343 g/mol. The molecule has 132 valence electrons. The highest BCUT2D eigenvalue weighted by Crippen LogP contribution is 2.03. The summed E-state index contributed by atoms with van der Waals surface area (Å²) in [5, 5.41) is 15.7. The zero-order chi connectivity index (χ0) is 18.2. The summed E-state index contributed by atoms with van der Waals surface area (Å²) >= 11 is 0. The summed E-state index contributed by atoms with van der Waals surface area (Å²) in [4.78, 5) is 35.5. The van der Waals surface area contributed by atoms with Crippen molar-refractivity contribution in [1.29, 1.82) is 0 Å². The van der Waals surface area contributed by atoms with Gasteiger partial charge in [0.2, 0.25) is 0 Å². The lowest BCUT2D eigenvalue weighted by molar-refractivity contribution is -0.139. The van der Waals surface area contributed by atoms with Crippen molar-refractivity contribution in [2.45, 2.75) is 38.8 Å². The molecule has 0 fully saturated rings. The molecule has 1 atom stereocenters. The summed E-state index contributed by atoms with van der Waals surface area (Å²) < 4.78 is 1.19. The Balaban J connectivity index is 2.16. The van der Waals surface area contributed by atoms with Gasteiger partial charge in [0.1, 0.15) is 11.7 Å². The molecule has 2 N–H and O–H groups in total. The van der Waals surface area contributed by atoms with Crippen LogP contribution >= 0.6 is 0 Å². The van der Waals surface area contributed by atoms with E-state index >= 15 is 0 Å². The van der Waals surface area contributed by atoms with Crippen molar-refractivity contribution in [2.75, 3.05) is 0 Å². The summed E-state index contributed by atoms with van der Waals surface area (Å²) in [6, 6.07) is 10.9. The topological polar surface area (TPSA) is 101 Å². The van der Waals surface area contributed by atoms with E-state index in [4.69, 9.17) is 0 Å². The van der Waals surface area contributed by atoms with E-state index < -0.39 is 17.9 Å². The molecule has 0 bridgehead atoms. The zero-order valence-corrected chi connectivity index (χ0v) is 14.0. The number of rotatable bonds is 8. The Labute approximate surface area is 145 Å². The Morgan fingerprint density at radius 2 is 1.92 bits per heavy atom. The van der Waals surface area contributed by atoms with Gasteiger partial charge in [-0.3, -0.25) is 9.59 Å². The average Bonchev–Trinajstić information content (AvgIpc) is 2.61. The third kappa shape index (κ3) is 5.27. The van der Waals surface area contributed by atoms with E-state index in [-0.39, 0.29) is 17.8 Å². The highest BCUT2D eigenvalue weighted by Gasteiger charge is 2.21. The number of benzene rings is 1. The largest absolute Gasteiger partial charge is 0.480 e. The molecule has 1 heterocycles. The van der Waals surface area contributed by atoms with E-state index in [0.29, 0.717) is 12.8 Å². The normalized spacial score (nSPS) is 11.7. The quantitative estimate of drug-likeness (QED) is 0.759. The third-order valence-electron chi connectivity index (χ3n) is 3.72. The lowest BCUT2D eigenvalue weighted by Crippen LogP contribution is -2.41. The third-order valence-corrected chi connectivity index (χ3v) is 3.72. The van der Waals surface area contributed by atoms with E-state index in [1.165, 1.54) is 16.8 Å². The van der Waals surface area contributed by atoms with Crippen molar-refractivity contribution >= 4 is 11.9 Å². The molecule has 7 nitrogen and oxygen atoms in total. The number of hydrogen-bond donors (Lipinski definition) is 2. The molecule has 2 aromatic rings. The fourth-order valence-electron chi connectivity index (χ4n) is 2.34. The highest BCUT2D eigenvalue weighted by atomic mass is 16.4. The van der Waals surface area contributed by atoms with Gasteiger partial charge in [-0.1, -0.05) is 50.1 Å². The Bertz CT molecular complexity index is 786. The van der Waals surface area contributed by atoms with Crippen LogP contribution in [0.4, 0.5) is 0 Å². The second kappa shape index (κ2) is 8.77. The van der Waals surface area contributed by atoms with Crippen molar-refractivity contribution in [2.24, 2.45) is 0 Å². The molecule has 0 radical (unpaired) electrons. The Kier molecular flexibility index (Phi) is 6.45. The second-order valence-corrected chi connectivity index (χ2v) is 5.71. The van der Waals surface area contributed by atoms with Gasteiger partial charge in [0.05, 0.1) is 6.54 Å². The van der Waals surface area contributed by atoms with Crippen LogP contribution in [0.25, 0.3) is 0 Å². The van der Waals surface area contributed by atoms with Gasteiger partial charge in [0, 0.05) is 6.07 Å². The number of amides is 1. The van der Waals surface area contributed by atoms with Crippen molar-refractivity contribution in [1.82, 2.24) is 15.1 Å². The van der Waals surface area contributed by atoms with Crippen molar-refractivity contribution in [3.8, 4) is 0 Å². The van der Waals surface area contributed by atoms with Gasteiger partial charge in [0.15, 0.2) is 0 Å². The number of nitrogens with zero attached hydrogens (tertiary/aromatic N) is 2. The lowest BCUT2D eigenvalue weighted by atomic mass is 10.1. The number of aromatic nitrogens is 2. The summed E-state index contributed by atoms with van der Waals surface area (Å²) in [6.07, 6.45) is 1.87. The fraction of sp³-hybridized carbons (Fsp3) is 0.333. The van der Waals surface area contributed by atoms with E-state index in [1.807, 2.05) is 37.3 Å². The lowest BCUT2D eigenvalue weighted by Gasteiger charge is -2.14. The molecule has 1 aromatic carbocycles. The molecule has 0 spiro atoms. The number of carbonyl (C=O) groups is 2. The van der Waals surface area contributed by atoms with Gasteiger partial charge < -0.3 is 10.4 Å². The maximum Gasteiger partial charge on any atom is 0.326 e. The molecular weight excluding hydrogens is 322 g/mol. The molecule has 0 aliphatic rings. The predicted molar refractivity (Wildman–Crippen MR) is 92.5 cm³/mol. The van der Waals surface area contributed by atoms with Crippen LogP contribution in [-0.2, 0) is 11.3 Å². The minimum Gasteiger partial charge on any atom is -0.480 e. The number of carboxylic acids is 1. The van der Waals surface area contributed by atoms with Gasteiger partial charge in [-0.2, -0.15) is 5.10 Å². The summed E-state index contributed by atoms with van der Waals surface area (Å²) in [5.74, 6) is -1.69. The first-order valence-corrected chi connectivity index (χ1v) is 8.17. The van der Waals surface area contributed by atoms with Crippen molar-refractivity contribution in [3.63, 3.8) is 0 Å². The minimum atomic E-state index is -1.08. The summed E-state index contributed by atoms with van der Waals surface area (Å²) in [5.41, 5.74) is 0.556. The maximum atomic E-state index is 12.3. The molecule has 0 aliphatic carbocycles. The van der Waals surface area contributed by atoms with E-state index in [2.05, 4.69) is 10.4 Å². The molecule has 7 heteroatoms. The standard InChI is InChI=1S/C18H21N3O4/c1-2-3-9-15(18(24)25)19-17(23)14-10-11-16(22)21(20-14)12-13-7-5-4-6-8-13/h4-8,10-11,15H,2-3,9,12H2,1H3,(H,19,23)(H,24,25)/t15-/m0/s1. The van der Waals surface area contributed by atoms with Crippen LogP contribution in [-0.4, -0.2) is 32.8 Å². The molecule has 0 aliphatic heterocycles. The van der Waals surface area contributed by atoms with Crippen LogP contribution in [0.5, 0.6) is 0 Å². The molecule has 0 saturated heterocycles. The van der Waals surface area contributed by atoms with Crippen LogP contribution < -0.4 is 10.9 Å². The number of unbranched alkanes of at least 4 members (excludes halogenated alkanes) is 1. The first-order chi connectivity index (χ1) is 12.0. The van der Waals surface area contributed by atoms with E-state index in [0.717, 1.165) is 12.0 Å². The van der Waals surface area contributed by atoms with Gasteiger partial charge in [-0.05, 0) is 18.1 Å². The number of nitrogens with one attached hydrogen (secondary N) is 1. The highest BCUT2D eigenvalue weighted by molar-refractivity contribution is 5.94. The molecule has 1 aromatic heterocycles. The SMILES string of the molecule is CCCC[C@H](NC(=O)c1ccc(=O)n(Cc2ccccc2)n1)C(=O)O. The Hall–Kier alpha value is -2.96. The number of aliphatic carboxylic acids is 1. The molecule has 0 saturated carbocycles. The van der Waals surface area contributed by atoms with Crippen molar-refractivity contribution < 1.29 is 14.7 Å². The number of hydrogen-bond acceptors (Lipinski definition) is 4. The van der Waals surface area contributed by atoms with Gasteiger partial charge in [-0.15, -0.1) is 0 Å². The molecule has 25 heavy (non-hydrogen) atoms. The molecule has 1 amide bonds. The zero-order valence-electron chi connectivity index (χ0n) is 14.0. The van der Waals surface area contributed by atoms with E-state index in [1.54, 1.807) is 0 Å². The minimum absolute atomic E-state index is 0.0123. The van der Waals surface area contributed by atoms with Crippen LogP contribution in [0, 0.1) is 0 Å². The van der Waals surface area contributed by atoms with Crippen LogP contribution in [0.1, 0.15) is 42.2 Å². The first-order valence-electron chi connectivity index (χ1n) is 8.17. The molecule has 0 unspecified atom stereocenters. The Morgan fingerprint density at radius 3 is 2.56 bits per heavy atom. The fourth-order valence-corrected chi connectivity index (χ4v) is 2.34. The van der Waals surface area contributed by atoms with Gasteiger partial charge in [0.25, 0.3) is 11.5 Å². The van der Waals surface area contributed by atoms with Crippen LogP contribution in [0.15, 0.2) is 47.3 Å². The predicted octanol–water partition coefficient (Wildman–Crippen LogP) is 1.66.